The molecule has 0 spiro atoms. The fraction of sp³-hybridized carbons (Fsp3) is 0.222. The van der Waals surface area contributed by atoms with Gasteiger partial charge in [-0.1, -0.05) is 58.4 Å². The molecule has 0 radical (unpaired) electrons. The first-order chi connectivity index (χ1) is 11.1. The normalized spacial score (nSPS) is 16.9. The van der Waals surface area contributed by atoms with Crippen molar-refractivity contribution in [2.45, 2.75) is 26.0 Å². The fourth-order valence-electron chi connectivity index (χ4n) is 2.45. The zero-order valence-electron chi connectivity index (χ0n) is 12.8. The second-order valence-electron chi connectivity index (χ2n) is 5.36. The van der Waals surface area contributed by atoms with Gasteiger partial charge >= 0.3 is 0 Å². The second kappa shape index (κ2) is 6.96. The van der Waals surface area contributed by atoms with E-state index >= 15 is 0 Å². The highest BCUT2D eigenvalue weighted by atomic mass is 79.9. The topological polar surface area (TPSA) is 41.9 Å². The summed E-state index contributed by atoms with van der Waals surface area (Å²) < 4.78 is 6.91. The number of amides is 1. The van der Waals surface area contributed by atoms with Gasteiger partial charge in [0.2, 0.25) is 18.0 Å². The summed E-state index contributed by atoms with van der Waals surface area (Å²) in [4.78, 5) is 11.8. The summed E-state index contributed by atoms with van der Waals surface area (Å²) in [6, 6.07) is 17.9. The number of rotatable bonds is 4. The molecule has 2 aromatic carbocycles. The van der Waals surface area contributed by atoms with Crippen molar-refractivity contribution in [2.24, 2.45) is 5.10 Å². The smallest absolute Gasteiger partial charge is 0.243 e. The minimum absolute atomic E-state index is 0.132. The van der Waals surface area contributed by atoms with Crippen LogP contribution in [0.5, 0.6) is 0 Å². The van der Waals surface area contributed by atoms with Crippen molar-refractivity contribution in [3.63, 3.8) is 0 Å². The molecule has 1 unspecified atom stereocenters. The molecule has 0 fully saturated rings. The molecule has 0 saturated heterocycles. The highest BCUT2D eigenvalue weighted by Gasteiger charge is 2.31. The number of hydrogen-bond donors (Lipinski definition) is 0. The van der Waals surface area contributed by atoms with Crippen molar-refractivity contribution in [1.29, 1.82) is 0 Å². The summed E-state index contributed by atoms with van der Waals surface area (Å²) >= 11 is 3.41. The van der Waals surface area contributed by atoms with Crippen molar-refractivity contribution in [3.05, 3.63) is 70.2 Å². The summed E-state index contributed by atoms with van der Waals surface area (Å²) in [7, 11) is 0. The first-order valence-electron chi connectivity index (χ1n) is 7.47. The van der Waals surface area contributed by atoms with Crippen LogP contribution in [0, 0.1) is 0 Å². The molecule has 0 bridgehead atoms. The van der Waals surface area contributed by atoms with Crippen molar-refractivity contribution in [2.75, 3.05) is 0 Å². The molecule has 23 heavy (non-hydrogen) atoms. The molecule has 1 atom stereocenters. The summed E-state index contributed by atoms with van der Waals surface area (Å²) in [5.41, 5.74) is 2.13. The third-order valence-corrected chi connectivity index (χ3v) is 4.17. The van der Waals surface area contributed by atoms with E-state index in [2.05, 4.69) is 33.2 Å². The van der Waals surface area contributed by atoms with Gasteiger partial charge in [-0.15, -0.1) is 5.10 Å². The van der Waals surface area contributed by atoms with E-state index in [0.717, 1.165) is 16.5 Å². The Balaban J connectivity index is 1.72. The molecule has 3 rings (SSSR count). The van der Waals surface area contributed by atoms with E-state index in [-0.39, 0.29) is 5.91 Å². The van der Waals surface area contributed by atoms with Crippen LogP contribution in [0.1, 0.15) is 30.7 Å². The number of nitrogens with zero attached hydrogens (tertiary/aromatic N) is 2. The molecular formula is C18H17BrN2O2. The monoisotopic (exact) mass is 372 g/mol. The van der Waals surface area contributed by atoms with Gasteiger partial charge in [0.15, 0.2) is 0 Å². The molecule has 2 aromatic rings. The average Bonchev–Trinajstić information content (AvgIpc) is 2.99. The van der Waals surface area contributed by atoms with E-state index in [1.54, 1.807) is 0 Å². The summed E-state index contributed by atoms with van der Waals surface area (Å²) in [6.45, 7) is 1.50. The molecule has 1 aliphatic rings. The average molecular weight is 373 g/mol. The number of benzene rings is 2. The maximum absolute atomic E-state index is 11.8. The number of hydrogen-bond acceptors (Lipinski definition) is 3. The quantitative estimate of drug-likeness (QED) is 0.803. The first kappa shape index (κ1) is 15.7. The lowest BCUT2D eigenvalue weighted by Crippen LogP contribution is -2.25. The second-order valence-corrected chi connectivity index (χ2v) is 6.28. The minimum atomic E-state index is -0.480. The highest BCUT2D eigenvalue weighted by molar-refractivity contribution is 9.10. The van der Waals surface area contributed by atoms with E-state index in [0.29, 0.717) is 12.3 Å². The highest BCUT2D eigenvalue weighted by Crippen LogP contribution is 2.30. The van der Waals surface area contributed by atoms with E-state index in [9.17, 15) is 4.79 Å². The van der Waals surface area contributed by atoms with Crippen molar-refractivity contribution < 1.29 is 9.53 Å². The fourth-order valence-corrected chi connectivity index (χ4v) is 2.72. The van der Waals surface area contributed by atoms with Crippen LogP contribution in [0.15, 0.2) is 64.2 Å². The van der Waals surface area contributed by atoms with Gasteiger partial charge < -0.3 is 4.74 Å². The lowest BCUT2D eigenvalue weighted by molar-refractivity contribution is -0.135. The maximum atomic E-state index is 11.8. The van der Waals surface area contributed by atoms with E-state index < -0.39 is 6.23 Å². The van der Waals surface area contributed by atoms with Gasteiger partial charge in [-0.25, -0.2) is 0 Å². The summed E-state index contributed by atoms with van der Waals surface area (Å²) in [6.07, 6.45) is 1.02. The van der Waals surface area contributed by atoms with Crippen LogP contribution >= 0.6 is 15.9 Å². The van der Waals surface area contributed by atoms with Gasteiger partial charge in [0.1, 0.15) is 0 Å². The van der Waals surface area contributed by atoms with Crippen LogP contribution in [0.4, 0.5) is 0 Å². The predicted molar refractivity (Wildman–Crippen MR) is 92.7 cm³/mol. The van der Waals surface area contributed by atoms with Gasteiger partial charge in [-0.05, 0) is 24.1 Å². The number of aryl methyl sites for hydroxylation is 1. The number of carbonyl (C=O) groups is 1. The number of carbonyl (C=O) groups excluding carboxylic acids is 1. The van der Waals surface area contributed by atoms with Gasteiger partial charge in [0, 0.05) is 23.4 Å². The molecule has 0 aromatic heterocycles. The number of hydrazone groups is 1. The molecular weight excluding hydrogens is 356 g/mol. The molecule has 1 amide bonds. The van der Waals surface area contributed by atoms with Crippen molar-refractivity contribution in [3.8, 4) is 0 Å². The first-order valence-corrected chi connectivity index (χ1v) is 8.26. The van der Waals surface area contributed by atoms with Crippen LogP contribution < -0.4 is 0 Å². The molecule has 1 heterocycles. The standard InChI is InChI=1S/C18H17BrN2O2/c1-13(22)21-18(15-8-10-16(19)11-9-15)23-17(20-21)12-7-14-5-3-2-4-6-14/h2-6,8-11,18H,7,12H2,1H3. The van der Waals surface area contributed by atoms with Gasteiger partial charge in [0.25, 0.3) is 0 Å². The van der Waals surface area contributed by atoms with Crippen LogP contribution in [0.3, 0.4) is 0 Å². The lowest BCUT2D eigenvalue weighted by atomic mass is 10.1. The molecule has 0 aliphatic carbocycles. The Morgan fingerprint density at radius 3 is 2.48 bits per heavy atom. The number of ether oxygens (including phenoxy) is 1. The Bertz CT molecular complexity index is 714. The predicted octanol–water partition coefficient (Wildman–Crippen LogP) is 4.27. The number of halogens is 1. The van der Waals surface area contributed by atoms with Gasteiger partial charge in [-0.3, -0.25) is 4.79 Å². The third-order valence-electron chi connectivity index (χ3n) is 3.64. The molecule has 0 saturated carbocycles. The van der Waals surface area contributed by atoms with E-state index in [4.69, 9.17) is 4.74 Å². The Labute approximate surface area is 143 Å². The van der Waals surface area contributed by atoms with E-state index in [1.807, 2.05) is 42.5 Å². The zero-order chi connectivity index (χ0) is 16.2. The maximum Gasteiger partial charge on any atom is 0.243 e. The molecule has 5 heteroatoms. The molecule has 1 aliphatic heterocycles. The summed E-state index contributed by atoms with van der Waals surface area (Å²) in [5.74, 6) is 0.463. The Morgan fingerprint density at radius 2 is 1.83 bits per heavy atom. The Hall–Kier alpha value is -2.14. The Kier molecular flexibility index (Phi) is 4.76. The largest absolute Gasteiger partial charge is 0.449 e. The van der Waals surface area contributed by atoms with Crippen LogP contribution in [-0.4, -0.2) is 16.8 Å². The zero-order valence-corrected chi connectivity index (χ0v) is 14.4. The van der Waals surface area contributed by atoms with Crippen molar-refractivity contribution in [1.82, 2.24) is 5.01 Å². The van der Waals surface area contributed by atoms with Crippen molar-refractivity contribution >= 4 is 27.7 Å². The SMILES string of the molecule is CC(=O)N1N=C(CCc2ccccc2)OC1c1ccc(Br)cc1. The van der Waals surface area contributed by atoms with E-state index in [1.165, 1.54) is 17.5 Å². The molecule has 0 N–H and O–H groups in total. The summed E-state index contributed by atoms with van der Waals surface area (Å²) in [5, 5.41) is 5.76. The third kappa shape index (κ3) is 3.79. The van der Waals surface area contributed by atoms with Crippen LogP contribution in [0.25, 0.3) is 0 Å². The van der Waals surface area contributed by atoms with Gasteiger partial charge in [-0.2, -0.15) is 5.01 Å². The molecule has 118 valence electrons. The van der Waals surface area contributed by atoms with Gasteiger partial charge in [0.05, 0.1) is 0 Å². The Morgan fingerprint density at radius 1 is 1.13 bits per heavy atom. The van der Waals surface area contributed by atoms with Crippen LogP contribution in [0.2, 0.25) is 0 Å². The lowest BCUT2D eigenvalue weighted by Gasteiger charge is -2.19. The van der Waals surface area contributed by atoms with Crippen LogP contribution in [-0.2, 0) is 16.0 Å². The molecule has 4 nitrogen and oxygen atoms in total. The minimum Gasteiger partial charge on any atom is -0.449 e.